The highest BCUT2D eigenvalue weighted by Gasteiger charge is 2.21. The predicted octanol–water partition coefficient (Wildman–Crippen LogP) is 6.00. The van der Waals surface area contributed by atoms with Crippen molar-refractivity contribution in [2.45, 2.75) is 33.6 Å². The van der Waals surface area contributed by atoms with Crippen molar-refractivity contribution in [3.63, 3.8) is 0 Å². The van der Waals surface area contributed by atoms with Gasteiger partial charge in [-0.2, -0.15) is 0 Å². The van der Waals surface area contributed by atoms with Crippen LogP contribution < -0.4 is 14.8 Å². The summed E-state index contributed by atoms with van der Waals surface area (Å²) in [6.45, 7) is 5.21. The van der Waals surface area contributed by atoms with Gasteiger partial charge in [-0.25, -0.2) is 34.1 Å². The maximum Gasteiger partial charge on any atom is 0.414 e. The molecule has 0 atom stereocenters. The number of nitrogens with one attached hydrogen (secondary N) is 1. The van der Waals surface area contributed by atoms with Gasteiger partial charge in [0.05, 0.1) is 52.6 Å². The van der Waals surface area contributed by atoms with Gasteiger partial charge in [-0.3, -0.25) is 5.32 Å². The molecule has 0 aliphatic heterocycles. The minimum absolute atomic E-state index is 0.0321. The summed E-state index contributed by atoms with van der Waals surface area (Å²) in [4.78, 5) is 33.9. The number of aromatic nitrogens is 5. The molecule has 12 heteroatoms. The molecule has 0 saturated heterocycles. The van der Waals surface area contributed by atoms with E-state index in [2.05, 4.69) is 25.3 Å². The second kappa shape index (κ2) is 11.1. The number of halogens is 1. The van der Waals surface area contributed by atoms with Crippen molar-refractivity contribution in [1.29, 1.82) is 0 Å². The summed E-state index contributed by atoms with van der Waals surface area (Å²) in [7, 11) is 1.54. The molecule has 0 saturated carbocycles. The second-order valence-corrected chi connectivity index (χ2v) is 9.71. The number of thiazole rings is 1. The monoisotopic (exact) mass is 548 g/mol. The lowest BCUT2D eigenvalue weighted by atomic mass is 10.1. The van der Waals surface area contributed by atoms with Crippen LogP contribution in [0.5, 0.6) is 11.6 Å². The molecule has 5 rings (SSSR count). The van der Waals surface area contributed by atoms with Gasteiger partial charge >= 0.3 is 6.09 Å². The van der Waals surface area contributed by atoms with Gasteiger partial charge in [-0.1, -0.05) is 13.3 Å². The molecular weight excluding hydrogens is 523 g/mol. The van der Waals surface area contributed by atoms with Crippen LogP contribution in [0.4, 0.5) is 14.9 Å². The Morgan fingerprint density at radius 2 is 1.85 bits per heavy atom. The van der Waals surface area contributed by atoms with Crippen LogP contribution in [0.3, 0.4) is 0 Å². The third-order valence-corrected chi connectivity index (χ3v) is 6.98. The fourth-order valence-corrected chi connectivity index (χ4v) is 5.22. The molecule has 10 nitrogen and oxygen atoms in total. The van der Waals surface area contributed by atoms with Crippen LogP contribution in [0, 0.1) is 19.7 Å². The summed E-state index contributed by atoms with van der Waals surface area (Å²) in [5, 5.41) is 3.18. The third-order valence-electron chi connectivity index (χ3n) is 5.81. The van der Waals surface area contributed by atoms with Gasteiger partial charge in [0.1, 0.15) is 10.8 Å². The van der Waals surface area contributed by atoms with E-state index in [1.54, 1.807) is 20.2 Å². The Morgan fingerprint density at radius 3 is 2.59 bits per heavy atom. The number of hydrogen-bond acceptors (Lipinski definition) is 10. The van der Waals surface area contributed by atoms with Gasteiger partial charge in [-0.05, 0) is 38.0 Å². The zero-order chi connectivity index (χ0) is 27.5. The minimum Gasteiger partial charge on any atom is -0.480 e. The van der Waals surface area contributed by atoms with Gasteiger partial charge in [0.25, 0.3) is 0 Å². The first-order valence-electron chi connectivity index (χ1n) is 12.1. The van der Waals surface area contributed by atoms with E-state index in [0.717, 1.165) is 22.2 Å². The Hall–Kier alpha value is -4.45. The molecule has 3 aromatic heterocycles. The second-order valence-electron chi connectivity index (χ2n) is 8.71. The molecule has 0 spiro atoms. The Balaban J connectivity index is 1.44. The molecule has 3 heterocycles. The van der Waals surface area contributed by atoms with Gasteiger partial charge in [-0.15, -0.1) is 11.3 Å². The SMILES string of the molecule is CCCc1c(OCOC(=O)Nc2cnc(C)nc2)c(F)cc2nc(-c3cc(C)cc4nc(OC)cnc34)sc12. The highest BCUT2D eigenvalue weighted by molar-refractivity contribution is 7.22. The average Bonchev–Trinajstić information content (AvgIpc) is 3.34. The molecule has 0 aliphatic carbocycles. The number of methoxy groups -OCH3 is 1. The van der Waals surface area contributed by atoms with Crippen molar-refractivity contribution in [3.05, 3.63) is 59.6 Å². The Morgan fingerprint density at radius 1 is 1.05 bits per heavy atom. The molecule has 1 amide bonds. The standard InChI is InChI=1S/C27H25FN6O4S/c1-5-6-17-24(37-13-38-27(35)32-16-10-29-15(3)30-11-16)19(28)9-21-25(17)39-26(34-21)18-7-14(2)8-20-23(18)31-12-22(33-20)36-4/h7-12H,5-6,13H2,1-4H3,(H,32,35). The number of amides is 1. The first-order chi connectivity index (χ1) is 18.9. The fourth-order valence-electron chi connectivity index (χ4n) is 4.09. The van der Waals surface area contributed by atoms with Gasteiger partial charge in [0.15, 0.2) is 11.6 Å². The molecule has 5 aromatic rings. The molecule has 1 N–H and O–H groups in total. The zero-order valence-electron chi connectivity index (χ0n) is 21.7. The van der Waals surface area contributed by atoms with Crippen molar-refractivity contribution in [2.75, 3.05) is 19.2 Å². The number of carbonyl (C=O) groups excluding carboxylic acids is 1. The Bertz CT molecular complexity index is 1680. The number of hydrogen-bond donors (Lipinski definition) is 1. The van der Waals surface area contributed by atoms with Crippen LogP contribution in [-0.4, -0.2) is 44.9 Å². The first kappa shape index (κ1) is 26.2. The van der Waals surface area contributed by atoms with Gasteiger partial charge in [0.2, 0.25) is 12.7 Å². The topological polar surface area (TPSA) is 121 Å². The molecule has 0 aliphatic rings. The quantitative estimate of drug-likeness (QED) is 0.233. The van der Waals surface area contributed by atoms with Crippen molar-refractivity contribution in [3.8, 4) is 22.2 Å². The predicted molar refractivity (Wildman–Crippen MR) is 146 cm³/mol. The maximum atomic E-state index is 15.3. The Labute approximate surface area is 227 Å². The van der Waals surface area contributed by atoms with Crippen molar-refractivity contribution < 1.29 is 23.4 Å². The van der Waals surface area contributed by atoms with E-state index in [4.69, 9.17) is 19.2 Å². The lowest BCUT2D eigenvalue weighted by molar-refractivity contribution is 0.0655. The number of fused-ring (bicyclic) bond motifs is 2. The highest BCUT2D eigenvalue weighted by Crippen LogP contribution is 2.40. The average molecular weight is 549 g/mol. The molecule has 0 radical (unpaired) electrons. The van der Waals surface area contributed by atoms with E-state index in [9.17, 15) is 4.79 Å². The first-order valence-corrected chi connectivity index (χ1v) is 13.0. The molecule has 0 bridgehead atoms. The van der Waals surface area contributed by atoms with Crippen molar-refractivity contribution in [2.24, 2.45) is 0 Å². The molecule has 0 fully saturated rings. The van der Waals surface area contributed by atoms with E-state index in [1.165, 1.54) is 29.8 Å². The van der Waals surface area contributed by atoms with Crippen LogP contribution in [-0.2, 0) is 11.2 Å². The summed E-state index contributed by atoms with van der Waals surface area (Å²) in [6.07, 6.45) is 4.99. The number of benzene rings is 2. The normalized spacial score (nSPS) is 11.1. The summed E-state index contributed by atoms with van der Waals surface area (Å²) in [6, 6.07) is 5.25. The van der Waals surface area contributed by atoms with E-state index in [-0.39, 0.29) is 5.75 Å². The summed E-state index contributed by atoms with van der Waals surface area (Å²) in [5.41, 5.74) is 4.68. The van der Waals surface area contributed by atoms with Gasteiger partial charge in [0, 0.05) is 17.2 Å². The number of aryl methyl sites for hydroxylation is 3. The molecule has 39 heavy (non-hydrogen) atoms. The van der Waals surface area contributed by atoms with Crippen LogP contribution in [0.1, 0.15) is 30.3 Å². The zero-order valence-corrected chi connectivity index (χ0v) is 22.6. The van der Waals surface area contributed by atoms with E-state index in [1.807, 2.05) is 26.0 Å². The highest BCUT2D eigenvalue weighted by atomic mass is 32.1. The minimum atomic E-state index is -0.773. The summed E-state index contributed by atoms with van der Waals surface area (Å²) in [5.74, 6) is 0.434. The molecule has 200 valence electrons. The van der Waals surface area contributed by atoms with E-state index >= 15 is 4.39 Å². The summed E-state index contributed by atoms with van der Waals surface area (Å²) < 4.78 is 32.0. The van der Waals surface area contributed by atoms with Crippen LogP contribution in [0.25, 0.3) is 31.8 Å². The number of nitrogens with zero attached hydrogens (tertiary/aromatic N) is 5. The van der Waals surface area contributed by atoms with Crippen LogP contribution in [0.15, 0.2) is 36.8 Å². The van der Waals surface area contributed by atoms with Crippen molar-refractivity contribution in [1.82, 2.24) is 24.9 Å². The number of anilines is 1. The lowest BCUT2D eigenvalue weighted by Crippen LogP contribution is -2.18. The summed E-state index contributed by atoms with van der Waals surface area (Å²) >= 11 is 1.43. The van der Waals surface area contributed by atoms with E-state index < -0.39 is 18.7 Å². The molecule has 2 aromatic carbocycles. The number of rotatable bonds is 8. The third kappa shape index (κ3) is 5.55. The maximum absolute atomic E-state index is 15.3. The largest absolute Gasteiger partial charge is 0.480 e. The Kier molecular flexibility index (Phi) is 7.46. The number of carbonyl (C=O) groups is 1. The molecule has 0 unspecified atom stereocenters. The van der Waals surface area contributed by atoms with Gasteiger partial charge < -0.3 is 14.2 Å². The molecular formula is C27H25FN6O4S. The fraction of sp³-hybridized carbons (Fsp3) is 0.259. The van der Waals surface area contributed by atoms with Crippen LogP contribution >= 0.6 is 11.3 Å². The smallest absolute Gasteiger partial charge is 0.414 e. The van der Waals surface area contributed by atoms with Crippen molar-refractivity contribution >= 4 is 44.4 Å². The van der Waals surface area contributed by atoms with E-state index in [0.29, 0.717) is 50.9 Å². The van der Waals surface area contributed by atoms with Crippen LogP contribution in [0.2, 0.25) is 0 Å². The lowest BCUT2D eigenvalue weighted by Gasteiger charge is -2.13. The number of ether oxygens (including phenoxy) is 3.